The number of sulfone groups is 1. The van der Waals surface area contributed by atoms with Gasteiger partial charge in [0.05, 0.1) is 25.2 Å². The zero-order chi connectivity index (χ0) is 12.5. The number of nitrogens with zero attached hydrogens (tertiary/aromatic N) is 2. The molecule has 0 atom stereocenters. The first-order valence-electron chi connectivity index (χ1n) is 5.07. The highest BCUT2D eigenvalue weighted by atomic mass is 32.2. The topological polar surface area (TPSA) is 96.3 Å². The number of ether oxygens (including phenoxy) is 1. The average Bonchev–Trinajstić information content (AvgIpc) is 2.56. The molecule has 0 amide bonds. The van der Waals surface area contributed by atoms with E-state index in [-0.39, 0.29) is 11.6 Å². The van der Waals surface area contributed by atoms with Crippen molar-refractivity contribution in [1.29, 1.82) is 0 Å². The Kier molecular flexibility index (Phi) is 3.27. The number of carbonyl (C=O) groups is 1. The molecule has 0 unspecified atom stereocenters. The lowest BCUT2D eigenvalue weighted by molar-refractivity contribution is -0.132. The molecular formula is C9H12N2O5S. The maximum Gasteiger partial charge on any atom is 0.355 e. The molecule has 0 aromatic rings. The summed E-state index contributed by atoms with van der Waals surface area (Å²) in [6, 6.07) is 0. The first-order valence-corrected chi connectivity index (χ1v) is 6.61. The predicted molar refractivity (Wildman–Crippen MR) is 59.3 cm³/mol. The van der Waals surface area contributed by atoms with Crippen LogP contribution < -0.4 is 0 Å². The number of rotatable bonds is 3. The highest BCUT2D eigenvalue weighted by molar-refractivity contribution is 8.09. The summed E-state index contributed by atoms with van der Waals surface area (Å²) in [6.07, 6.45) is 0. The van der Waals surface area contributed by atoms with E-state index in [2.05, 4.69) is 4.99 Å². The maximum atomic E-state index is 11.6. The summed E-state index contributed by atoms with van der Waals surface area (Å²) < 4.78 is 28.4. The molecule has 0 bridgehead atoms. The van der Waals surface area contributed by atoms with Crippen molar-refractivity contribution < 1.29 is 23.1 Å². The third-order valence-corrected chi connectivity index (χ3v) is 3.93. The number of carboxylic acids is 1. The second-order valence-electron chi connectivity index (χ2n) is 3.75. The van der Waals surface area contributed by atoms with Crippen LogP contribution in [0.15, 0.2) is 16.1 Å². The minimum atomic E-state index is -3.66. The van der Waals surface area contributed by atoms with Crippen LogP contribution in [-0.4, -0.2) is 62.3 Å². The molecule has 7 nitrogen and oxygen atoms in total. The van der Waals surface area contributed by atoms with Gasteiger partial charge in [0.25, 0.3) is 0 Å². The van der Waals surface area contributed by atoms with Crippen molar-refractivity contribution in [2.75, 3.05) is 32.8 Å². The molecule has 0 aliphatic carbocycles. The predicted octanol–water partition coefficient (Wildman–Crippen LogP) is -0.928. The molecule has 94 valence electrons. The van der Waals surface area contributed by atoms with E-state index in [1.165, 1.54) is 0 Å². The Morgan fingerprint density at radius 3 is 2.65 bits per heavy atom. The van der Waals surface area contributed by atoms with Crippen LogP contribution in [0.25, 0.3) is 0 Å². The highest BCUT2D eigenvalue weighted by Crippen LogP contribution is 2.16. The number of aliphatic carboxylic acids is 1. The monoisotopic (exact) mass is 260 g/mol. The summed E-state index contributed by atoms with van der Waals surface area (Å²) >= 11 is 0. The van der Waals surface area contributed by atoms with Gasteiger partial charge < -0.3 is 9.84 Å². The highest BCUT2D eigenvalue weighted by Gasteiger charge is 2.29. The van der Waals surface area contributed by atoms with Crippen molar-refractivity contribution in [1.82, 2.24) is 4.90 Å². The Balaban J connectivity index is 2.11. The van der Waals surface area contributed by atoms with Gasteiger partial charge in [-0.2, -0.15) is 0 Å². The zero-order valence-corrected chi connectivity index (χ0v) is 9.81. The van der Waals surface area contributed by atoms with Gasteiger partial charge in [-0.25, -0.2) is 18.2 Å². The van der Waals surface area contributed by atoms with E-state index in [1.807, 2.05) is 4.90 Å². The molecule has 1 saturated heterocycles. The van der Waals surface area contributed by atoms with E-state index < -0.39 is 21.5 Å². The van der Waals surface area contributed by atoms with Crippen molar-refractivity contribution in [2.45, 2.75) is 0 Å². The molecule has 0 radical (unpaired) electrons. The summed E-state index contributed by atoms with van der Waals surface area (Å²) in [5, 5.41) is 9.30. The average molecular weight is 260 g/mol. The first-order chi connectivity index (χ1) is 7.99. The van der Waals surface area contributed by atoms with Crippen LogP contribution in [0.4, 0.5) is 0 Å². The minimum Gasteiger partial charge on any atom is -0.476 e. The largest absolute Gasteiger partial charge is 0.476 e. The van der Waals surface area contributed by atoms with Gasteiger partial charge in [0.1, 0.15) is 0 Å². The summed E-state index contributed by atoms with van der Waals surface area (Å²) in [4.78, 5) is 16.2. The summed E-state index contributed by atoms with van der Waals surface area (Å²) in [7, 11) is -3.66. The fraction of sp³-hybridized carbons (Fsp3) is 0.556. The number of hydrogen-bond acceptors (Lipinski definition) is 6. The smallest absolute Gasteiger partial charge is 0.355 e. The normalized spacial score (nSPS) is 24.2. The third kappa shape index (κ3) is 2.71. The molecule has 8 heteroatoms. The molecule has 1 fully saturated rings. The minimum absolute atomic E-state index is 0.100. The van der Waals surface area contributed by atoms with Crippen molar-refractivity contribution in [3.05, 3.63) is 11.1 Å². The fourth-order valence-corrected chi connectivity index (χ4v) is 2.79. The number of hydrogen-bond donors (Lipinski definition) is 1. The Morgan fingerprint density at radius 1 is 1.47 bits per heavy atom. The molecule has 1 N–H and O–H groups in total. The third-order valence-electron chi connectivity index (χ3n) is 2.52. The molecule has 2 heterocycles. The van der Waals surface area contributed by atoms with Crippen LogP contribution in [0, 0.1) is 0 Å². The Morgan fingerprint density at radius 2 is 2.12 bits per heavy atom. The summed E-state index contributed by atoms with van der Waals surface area (Å²) in [5.74, 6) is -1.33. The van der Waals surface area contributed by atoms with Gasteiger partial charge >= 0.3 is 5.97 Å². The molecule has 2 rings (SSSR count). The molecule has 0 spiro atoms. The van der Waals surface area contributed by atoms with Crippen molar-refractivity contribution in [2.24, 2.45) is 4.99 Å². The van der Waals surface area contributed by atoms with Crippen LogP contribution >= 0.6 is 0 Å². The molecule has 17 heavy (non-hydrogen) atoms. The lowest BCUT2D eigenvalue weighted by atomic mass is 10.4. The van der Waals surface area contributed by atoms with Gasteiger partial charge in [0.2, 0.25) is 9.84 Å². The van der Waals surface area contributed by atoms with Crippen molar-refractivity contribution in [3.63, 3.8) is 0 Å². The van der Waals surface area contributed by atoms with Gasteiger partial charge in [-0.15, -0.1) is 0 Å². The SMILES string of the molecule is O=C(O)C1=CS(=O)(=O)C(CN2CCOCC2)=N1. The van der Waals surface area contributed by atoms with Crippen LogP contribution in [0.5, 0.6) is 0 Å². The standard InChI is InChI=1S/C9H12N2O5S/c12-9(13)7-6-17(14,15)8(10-7)5-11-1-3-16-4-2-11/h6H,1-5H2,(H,12,13). The fourth-order valence-electron chi connectivity index (χ4n) is 1.61. The second kappa shape index (κ2) is 4.55. The van der Waals surface area contributed by atoms with E-state index in [4.69, 9.17) is 9.84 Å². The molecular weight excluding hydrogens is 248 g/mol. The molecule has 0 aromatic carbocycles. The molecule has 0 aromatic heterocycles. The number of morpholine rings is 1. The molecule has 2 aliphatic heterocycles. The molecule has 2 aliphatic rings. The lowest BCUT2D eigenvalue weighted by Gasteiger charge is -2.25. The van der Waals surface area contributed by atoms with E-state index in [1.54, 1.807) is 0 Å². The Labute approximate surface area is 98.3 Å². The van der Waals surface area contributed by atoms with Crippen LogP contribution in [0.3, 0.4) is 0 Å². The van der Waals surface area contributed by atoms with E-state index >= 15 is 0 Å². The Hall–Kier alpha value is -1.25. The van der Waals surface area contributed by atoms with E-state index in [0.717, 1.165) is 0 Å². The van der Waals surface area contributed by atoms with Gasteiger partial charge in [-0.05, 0) is 0 Å². The van der Waals surface area contributed by atoms with Crippen LogP contribution in [-0.2, 0) is 19.4 Å². The maximum absolute atomic E-state index is 11.6. The van der Waals surface area contributed by atoms with Gasteiger partial charge in [-0.1, -0.05) is 0 Å². The Bertz CT molecular complexity index is 488. The second-order valence-corrected chi connectivity index (χ2v) is 5.54. The summed E-state index contributed by atoms with van der Waals surface area (Å²) in [5.41, 5.74) is -0.423. The number of aliphatic imine (C=N–C) groups is 1. The van der Waals surface area contributed by atoms with Gasteiger partial charge in [-0.3, -0.25) is 4.90 Å². The van der Waals surface area contributed by atoms with Crippen molar-refractivity contribution in [3.8, 4) is 0 Å². The number of carboxylic acid groups (broad SMARTS) is 1. The van der Waals surface area contributed by atoms with Gasteiger partial charge in [0, 0.05) is 13.1 Å². The van der Waals surface area contributed by atoms with E-state index in [0.29, 0.717) is 31.7 Å². The lowest BCUT2D eigenvalue weighted by Crippen LogP contribution is -2.40. The van der Waals surface area contributed by atoms with E-state index in [9.17, 15) is 13.2 Å². The molecule has 0 saturated carbocycles. The quantitative estimate of drug-likeness (QED) is 0.704. The van der Waals surface area contributed by atoms with Crippen molar-refractivity contribution >= 4 is 20.9 Å². The first kappa shape index (κ1) is 12.2. The van der Waals surface area contributed by atoms with Crippen LogP contribution in [0.2, 0.25) is 0 Å². The summed E-state index contributed by atoms with van der Waals surface area (Å²) in [6.45, 7) is 2.48. The van der Waals surface area contributed by atoms with Gasteiger partial charge in [0.15, 0.2) is 10.7 Å². The zero-order valence-electron chi connectivity index (χ0n) is 9.00. The van der Waals surface area contributed by atoms with Crippen LogP contribution in [0.1, 0.15) is 0 Å².